The summed E-state index contributed by atoms with van der Waals surface area (Å²) < 4.78 is 6.34. The van der Waals surface area contributed by atoms with Crippen molar-refractivity contribution in [3.63, 3.8) is 0 Å². The van der Waals surface area contributed by atoms with E-state index in [0.717, 1.165) is 116 Å². The van der Waals surface area contributed by atoms with Gasteiger partial charge in [0.05, 0.1) is 11.0 Å². The van der Waals surface area contributed by atoms with Crippen molar-refractivity contribution in [2.45, 2.75) is 190 Å². The molecule has 0 spiro atoms. The predicted molar refractivity (Wildman–Crippen MR) is 234 cm³/mol. The number of unbranched alkanes of at least 4 members (excludes halogenated alkanes) is 7. The average Bonchev–Trinajstić information content (AvgIpc) is 3.18. The van der Waals surface area contributed by atoms with E-state index in [9.17, 15) is 19.2 Å². The number of hydrogen-bond acceptors (Lipinski definition) is 5. The molecule has 0 unspecified atom stereocenters. The molecule has 6 rings (SSSR count). The van der Waals surface area contributed by atoms with Gasteiger partial charge in [-0.25, -0.2) is 4.79 Å². The lowest BCUT2D eigenvalue weighted by Gasteiger charge is -2.71. The third-order valence-electron chi connectivity index (χ3n) is 17.7. The molecule has 0 radical (unpaired) electrons. The molecule has 5 aliphatic carbocycles. The van der Waals surface area contributed by atoms with E-state index >= 15 is 0 Å². The summed E-state index contributed by atoms with van der Waals surface area (Å²) in [5.74, 6) is 0.202. The maximum Gasteiger partial charge on any atom is 0.338 e. The van der Waals surface area contributed by atoms with Gasteiger partial charge in [0.15, 0.2) is 0 Å². The summed E-state index contributed by atoms with van der Waals surface area (Å²) in [5.41, 5.74) is 2.35. The molecule has 59 heavy (non-hydrogen) atoms. The minimum Gasteiger partial charge on any atom is -0.480 e. The molecule has 9 atom stereocenters. The quantitative estimate of drug-likeness (QED) is 0.0868. The zero-order valence-corrected chi connectivity index (χ0v) is 38.0. The van der Waals surface area contributed by atoms with Crippen molar-refractivity contribution in [2.24, 2.45) is 50.2 Å². The van der Waals surface area contributed by atoms with Crippen LogP contribution in [0.1, 0.15) is 188 Å². The lowest BCUT2D eigenvalue weighted by atomic mass is 9.33. The van der Waals surface area contributed by atoms with Gasteiger partial charge in [0, 0.05) is 18.4 Å². The summed E-state index contributed by atoms with van der Waals surface area (Å²) in [6.07, 6.45) is 21.9. The number of carboxylic acid groups (broad SMARTS) is 1. The van der Waals surface area contributed by atoms with Crippen LogP contribution >= 0.6 is 0 Å². The van der Waals surface area contributed by atoms with Gasteiger partial charge < -0.3 is 20.5 Å². The summed E-state index contributed by atoms with van der Waals surface area (Å²) in [6.45, 7) is 19.6. The number of hydrogen-bond donors (Lipinski definition) is 3. The van der Waals surface area contributed by atoms with E-state index < -0.39 is 12.0 Å². The second-order valence-electron chi connectivity index (χ2n) is 22.0. The molecule has 0 aliphatic heterocycles. The SMILES string of the molecule is C[C@H](NC(=O)CCCCCCCCCCNC(=O)[C@]12CCC(C)(C)C[C@H]1C1=CC[C@@H]3[C@@]4(C)CC[C@H](OC(=O)c5ccccc5)C(C)(C)[C@@H]4CC[C@@]3(C)[C@]1(C)CC2)C(=O)O. The first-order valence-corrected chi connectivity index (χ1v) is 23.6. The van der Waals surface area contributed by atoms with E-state index in [4.69, 9.17) is 9.84 Å². The molecule has 1 aromatic carbocycles. The van der Waals surface area contributed by atoms with E-state index in [2.05, 4.69) is 65.2 Å². The van der Waals surface area contributed by atoms with Gasteiger partial charge in [0.1, 0.15) is 12.1 Å². The van der Waals surface area contributed by atoms with Gasteiger partial charge in [-0.05, 0) is 136 Å². The normalized spacial score (nSPS) is 34.7. The summed E-state index contributed by atoms with van der Waals surface area (Å²) in [4.78, 5) is 50.7. The summed E-state index contributed by atoms with van der Waals surface area (Å²) in [5, 5.41) is 15.0. The Kier molecular flexibility index (Phi) is 13.6. The van der Waals surface area contributed by atoms with E-state index in [1.807, 2.05) is 30.3 Å². The van der Waals surface area contributed by atoms with Crippen LogP contribution in [0.25, 0.3) is 0 Å². The van der Waals surface area contributed by atoms with Crippen molar-refractivity contribution in [2.75, 3.05) is 6.54 Å². The van der Waals surface area contributed by atoms with Crippen LogP contribution in [0.4, 0.5) is 0 Å². The Labute approximate surface area is 356 Å². The second-order valence-corrected chi connectivity index (χ2v) is 22.0. The number of allylic oxidation sites excluding steroid dienone is 2. The number of carbonyl (C=O) groups is 4. The monoisotopic (exact) mass is 815 g/mol. The summed E-state index contributed by atoms with van der Waals surface area (Å²) in [6, 6.07) is 8.61. The van der Waals surface area contributed by atoms with Gasteiger partial charge >= 0.3 is 11.9 Å². The molecule has 8 nitrogen and oxygen atoms in total. The number of aliphatic carboxylic acids is 1. The van der Waals surface area contributed by atoms with Crippen LogP contribution in [0.3, 0.4) is 0 Å². The molecule has 4 fully saturated rings. The highest BCUT2D eigenvalue weighted by Crippen LogP contribution is 2.76. The molecule has 4 saturated carbocycles. The number of esters is 1. The number of rotatable bonds is 16. The van der Waals surface area contributed by atoms with Crippen LogP contribution in [0.15, 0.2) is 42.0 Å². The lowest BCUT2D eigenvalue weighted by molar-refractivity contribution is -0.204. The fourth-order valence-corrected chi connectivity index (χ4v) is 13.8. The van der Waals surface area contributed by atoms with Crippen molar-refractivity contribution in [1.82, 2.24) is 10.6 Å². The van der Waals surface area contributed by atoms with Gasteiger partial charge in [0.2, 0.25) is 11.8 Å². The molecule has 0 bridgehead atoms. The van der Waals surface area contributed by atoms with Crippen molar-refractivity contribution >= 4 is 23.8 Å². The molecular weight excluding hydrogens is 737 g/mol. The maximum absolute atomic E-state index is 14.6. The molecule has 2 amide bonds. The lowest BCUT2D eigenvalue weighted by Crippen LogP contribution is -2.65. The van der Waals surface area contributed by atoms with Crippen LogP contribution in [0.2, 0.25) is 0 Å². The van der Waals surface area contributed by atoms with E-state index in [0.29, 0.717) is 29.7 Å². The smallest absolute Gasteiger partial charge is 0.338 e. The zero-order chi connectivity index (χ0) is 42.9. The number of carbonyl (C=O) groups excluding carboxylic acids is 3. The molecular formula is C51H78N2O6. The van der Waals surface area contributed by atoms with Crippen LogP contribution in [0.5, 0.6) is 0 Å². The number of fused-ring (bicyclic) bond motifs is 7. The van der Waals surface area contributed by atoms with Crippen molar-refractivity contribution < 1.29 is 29.0 Å². The highest BCUT2D eigenvalue weighted by molar-refractivity contribution is 5.89. The molecule has 0 saturated heterocycles. The zero-order valence-electron chi connectivity index (χ0n) is 38.0. The fraction of sp³-hybridized carbons (Fsp3) is 0.765. The van der Waals surface area contributed by atoms with Crippen molar-refractivity contribution in [3.8, 4) is 0 Å². The van der Waals surface area contributed by atoms with Crippen LogP contribution in [0, 0.1) is 50.2 Å². The molecule has 0 heterocycles. The Balaban J connectivity index is 1.05. The van der Waals surface area contributed by atoms with Crippen LogP contribution in [-0.2, 0) is 19.1 Å². The molecule has 0 aromatic heterocycles. The second kappa shape index (κ2) is 17.7. The van der Waals surface area contributed by atoms with Crippen LogP contribution in [-0.4, -0.2) is 47.6 Å². The van der Waals surface area contributed by atoms with Crippen molar-refractivity contribution in [1.29, 1.82) is 0 Å². The van der Waals surface area contributed by atoms with Gasteiger partial charge in [-0.1, -0.05) is 117 Å². The Hall–Kier alpha value is -3.16. The topological polar surface area (TPSA) is 122 Å². The average molecular weight is 815 g/mol. The Bertz CT molecular complexity index is 1720. The molecule has 3 N–H and O–H groups in total. The maximum atomic E-state index is 14.6. The molecule has 1 aromatic rings. The third-order valence-corrected chi connectivity index (χ3v) is 17.7. The van der Waals surface area contributed by atoms with Gasteiger partial charge in [-0.3, -0.25) is 14.4 Å². The van der Waals surface area contributed by atoms with E-state index in [-0.39, 0.29) is 56.4 Å². The largest absolute Gasteiger partial charge is 0.480 e. The first-order valence-electron chi connectivity index (χ1n) is 23.6. The predicted octanol–water partition coefficient (Wildman–Crippen LogP) is 11.2. The number of benzene rings is 1. The number of carboxylic acids is 1. The standard InChI is InChI=1S/C51H78N2O6/c1-35(43(55)56)53-42(54)22-18-13-11-9-10-12-14-19-33-52-45(58)51-31-29-46(2,3)34-38(51)37-23-24-40-48(6)27-26-41(59-44(57)36-20-16-15-17-21-36)47(4,5)39(48)25-28-50(40,8)49(37,7)30-32-51/h15-17,20-21,23,35,38-41H,9-14,18-19,22,24-34H2,1-8H3,(H,52,58)(H,53,54)(H,55,56)/t35-,38-,39-,40+,41-,48-,49+,50+,51-/m0/s1. The van der Waals surface area contributed by atoms with Gasteiger partial charge in [-0.2, -0.15) is 0 Å². The highest BCUT2D eigenvalue weighted by atomic mass is 16.5. The Morgan fingerprint density at radius 2 is 1.42 bits per heavy atom. The Morgan fingerprint density at radius 1 is 0.780 bits per heavy atom. The molecule has 328 valence electrons. The van der Waals surface area contributed by atoms with Crippen LogP contribution < -0.4 is 10.6 Å². The number of amides is 2. The van der Waals surface area contributed by atoms with Crippen molar-refractivity contribution in [3.05, 3.63) is 47.5 Å². The minimum atomic E-state index is -1.01. The van der Waals surface area contributed by atoms with E-state index in [1.54, 1.807) is 5.57 Å². The minimum absolute atomic E-state index is 0.0534. The third kappa shape index (κ3) is 8.81. The molecule has 5 aliphatic rings. The number of ether oxygens (including phenoxy) is 1. The molecule has 8 heteroatoms. The summed E-state index contributed by atoms with van der Waals surface area (Å²) >= 11 is 0. The first kappa shape index (κ1) is 45.4. The fourth-order valence-electron chi connectivity index (χ4n) is 13.8. The number of nitrogens with one attached hydrogen (secondary N) is 2. The van der Waals surface area contributed by atoms with E-state index in [1.165, 1.54) is 13.3 Å². The van der Waals surface area contributed by atoms with Gasteiger partial charge in [0.25, 0.3) is 0 Å². The first-order chi connectivity index (χ1) is 27.8. The Morgan fingerprint density at radius 3 is 2.10 bits per heavy atom. The highest BCUT2D eigenvalue weighted by Gasteiger charge is 2.69. The summed E-state index contributed by atoms with van der Waals surface area (Å²) in [7, 11) is 0. The van der Waals surface area contributed by atoms with Gasteiger partial charge in [-0.15, -0.1) is 0 Å².